The first-order valence-electron chi connectivity index (χ1n) is 12.1. The number of ether oxygens (including phenoxy) is 1. The zero-order valence-corrected chi connectivity index (χ0v) is 19.9. The molecule has 1 amide bonds. The van der Waals surface area contributed by atoms with Gasteiger partial charge < -0.3 is 14.2 Å². The number of benzene rings is 3. The largest absolute Gasteiger partial charge is 0.494 e. The standard InChI is InChI=1S/C29H31N3O2/c1-21-9-13-24(14-10-21)32-20-23(19-28(32)33)29-30-26-7-3-4-8-27(26)31(29)17-5-6-18-34-25-15-11-22(2)12-16-25/h3-4,7-16,23H,5-6,17-20H2,1-2H3. The Morgan fingerprint density at radius 3 is 2.38 bits per heavy atom. The molecule has 1 aliphatic heterocycles. The minimum Gasteiger partial charge on any atom is -0.494 e. The van der Waals surface area contributed by atoms with Gasteiger partial charge in [-0.05, 0) is 63.1 Å². The number of amides is 1. The lowest BCUT2D eigenvalue weighted by atomic mass is 10.1. The number of anilines is 1. The maximum absolute atomic E-state index is 12.9. The van der Waals surface area contributed by atoms with Crippen molar-refractivity contribution in [3.8, 4) is 5.75 Å². The van der Waals surface area contributed by atoms with Gasteiger partial charge in [-0.1, -0.05) is 47.5 Å². The highest BCUT2D eigenvalue weighted by atomic mass is 16.5. The molecule has 34 heavy (non-hydrogen) atoms. The number of carbonyl (C=O) groups excluding carboxylic acids is 1. The summed E-state index contributed by atoms with van der Waals surface area (Å²) in [6.07, 6.45) is 2.44. The minimum absolute atomic E-state index is 0.0880. The number of aryl methyl sites for hydroxylation is 3. The lowest BCUT2D eigenvalue weighted by Crippen LogP contribution is -2.24. The second-order valence-corrected chi connectivity index (χ2v) is 9.22. The third-order valence-corrected chi connectivity index (χ3v) is 6.59. The molecule has 5 nitrogen and oxygen atoms in total. The molecule has 2 heterocycles. The second kappa shape index (κ2) is 9.72. The fourth-order valence-electron chi connectivity index (χ4n) is 4.69. The predicted octanol–water partition coefficient (Wildman–Crippen LogP) is 6.03. The molecule has 0 radical (unpaired) electrons. The SMILES string of the molecule is Cc1ccc(OCCCCn2c(C3CC(=O)N(c4ccc(C)cc4)C3)nc3ccccc32)cc1. The molecule has 4 aromatic rings. The summed E-state index contributed by atoms with van der Waals surface area (Å²) in [7, 11) is 0. The molecule has 0 aliphatic carbocycles. The van der Waals surface area contributed by atoms with E-state index in [2.05, 4.69) is 60.9 Å². The Hall–Kier alpha value is -3.60. The maximum Gasteiger partial charge on any atom is 0.227 e. The Kier molecular flexibility index (Phi) is 6.35. The molecule has 1 fully saturated rings. The normalized spacial score (nSPS) is 15.9. The zero-order chi connectivity index (χ0) is 23.5. The predicted molar refractivity (Wildman–Crippen MR) is 137 cm³/mol. The van der Waals surface area contributed by atoms with Crippen LogP contribution in [0.25, 0.3) is 11.0 Å². The van der Waals surface area contributed by atoms with E-state index in [1.54, 1.807) is 0 Å². The molecule has 5 rings (SSSR count). The molecule has 1 unspecified atom stereocenters. The Morgan fingerprint density at radius 2 is 1.62 bits per heavy atom. The first-order chi connectivity index (χ1) is 16.6. The average Bonchev–Trinajstić information content (AvgIpc) is 3.41. The van der Waals surface area contributed by atoms with Crippen molar-refractivity contribution in [1.29, 1.82) is 0 Å². The van der Waals surface area contributed by atoms with E-state index in [-0.39, 0.29) is 11.8 Å². The van der Waals surface area contributed by atoms with Gasteiger partial charge in [0.05, 0.1) is 17.6 Å². The number of hydrogen-bond acceptors (Lipinski definition) is 3. The molecule has 174 valence electrons. The quantitative estimate of drug-likeness (QED) is 0.306. The molecule has 1 aliphatic rings. The van der Waals surface area contributed by atoms with Crippen LogP contribution >= 0.6 is 0 Å². The highest BCUT2D eigenvalue weighted by Gasteiger charge is 2.34. The summed E-state index contributed by atoms with van der Waals surface area (Å²) in [5, 5.41) is 0. The van der Waals surface area contributed by atoms with Gasteiger partial charge in [0.25, 0.3) is 0 Å². The van der Waals surface area contributed by atoms with E-state index in [4.69, 9.17) is 9.72 Å². The molecular formula is C29H31N3O2. The molecule has 1 atom stereocenters. The molecule has 5 heteroatoms. The molecule has 0 N–H and O–H groups in total. The molecular weight excluding hydrogens is 422 g/mol. The van der Waals surface area contributed by atoms with E-state index in [9.17, 15) is 4.79 Å². The number of unbranched alkanes of at least 4 members (excludes halogenated alkanes) is 1. The molecule has 0 bridgehead atoms. The van der Waals surface area contributed by atoms with Crippen molar-refractivity contribution in [2.24, 2.45) is 0 Å². The topological polar surface area (TPSA) is 47.4 Å². The Bertz CT molecular complexity index is 1280. The van der Waals surface area contributed by atoms with Crippen molar-refractivity contribution in [3.63, 3.8) is 0 Å². The van der Waals surface area contributed by atoms with E-state index in [0.29, 0.717) is 19.6 Å². The number of para-hydroxylation sites is 2. The van der Waals surface area contributed by atoms with E-state index in [1.807, 2.05) is 35.2 Å². The van der Waals surface area contributed by atoms with Crippen LogP contribution in [0, 0.1) is 13.8 Å². The van der Waals surface area contributed by atoms with Crippen LogP contribution in [0.1, 0.15) is 42.1 Å². The molecule has 1 aromatic heterocycles. The summed E-state index contributed by atoms with van der Waals surface area (Å²) in [5.74, 6) is 2.19. The number of rotatable bonds is 8. The monoisotopic (exact) mass is 453 g/mol. The Balaban J connectivity index is 1.28. The van der Waals surface area contributed by atoms with E-state index >= 15 is 0 Å². The van der Waals surface area contributed by atoms with Gasteiger partial charge in [-0.2, -0.15) is 0 Å². The van der Waals surface area contributed by atoms with Crippen molar-refractivity contribution in [3.05, 3.63) is 89.7 Å². The Labute approximate surface area is 201 Å². The van der Waals surface area contributed by atoms with Gasteiger partial charge in [-0.25, -0.2) is 4.98 Å². The summed E-state index contributed by atoms with van der Waals surface area (Å²) >= 11 is 0. The number of nitrogens with zero attached hydrogens (tertiary/aromatic N) is 3. The molecule has 0 saturated carbocycles. The third-order valence-electron chi connectivity index (χ3n) is 6.59. The van der Waals surface area contributed by atoms with Crippen LogP contribution < -0.4 is 9.64 Å². The smallest absolute Gasteiger partial charge is 0.227 e. The summed E-state index contributed by atoms with van der Waals surface area (Å²) < 4.78 is 8.22. The maximum atomic E-state index is 12.9. The fourth-order valence-corrected chi connectivity index (χ4v) is 4.69. The molecule has 0 spiro atoms. The van der Waals surface area contributed by atoms with Crippen molar-refractivity contribution in [2.45, 2.75) is 45.6 Å². The highest BCUT2D eigenvalue weighted by Crippen LogP contribution is 2.33. The average molecular weight is 454 g/mol. The highest BCUT2D eigenvalue weighted by molar-refractivity contribution is 5.96. The van der Waals surface area contributed by atoms with E-state index in [0.717, 1.165) is 47.7 Å². The van der Waals surface area contributed by atoms with Crippen LogP contribution in [0.5, 0.6) is 5.75 Å². The van der Waals surface area contributed by atoms with Crippen molar-refractivity contribution in [2.75, 3.05) is 18.1 Å². The number of hydrogen-bond donors (Lipinski definition) is 0. The number of carbonyl (C=O) groups is 1. The van der Waals surface area contributed by atoms with Crippen LogP contribution in [0.15, 0.2) is 72.8 Å². The summed E-state index contributed by atoms with van der Waals surface area (Å²) in [4.78, 5) is 19.8. The van der Waals surface area contributed by atoms with Gasteiger partial charge in [0.2, 0.25) is 5.91 Å². The first kappa shape index (κ1) is 22.2. The molecule has 3 aromatic carbocycles. The lowest BCUT2D eigenvalue weighted by Gasteiger charge is -2.18. The fraction of sp³-hybridized carbons (Fsp3) is 0.310. The van der Waals surface area contributed by atoms with Crippen molar-refractivity contribution >= 4 is 22.6 Å². The van der Waals surface area contributed by atoms with Crippen LogP contribution in [0.2, 0.25) is 0 Å². The number of fused-ring (bicyclic) bond motifs is 1. The van der Waals surface area contributed by atoms with Gasteiger partial charge in [0.15, 0.2) is 0 Å². The van der Waals surface area contributed by atoms with E-state index in [1.165, 1.54) is 11.1 Å². The van der Waals surface area contributed by atoms with Crippen LogP contribution in [0.4, 0.5) is 5.69 Å². The summed E-state index contributed by atoms with van der Waals surface area (Å²) in [5.41, 5.74) is 5.53. The van der Waals surface area contributed by atoms with Crippen LogP contribution in [-0.2, 0) is 11.3 Å². The Morgan fingerprint density at radius 1 is 0.912 bits per heavy atom. The van der Waals surface area contributed by atoms with Gasteiger partial charge in [-0.15, -0.1) is 0 Å². The van der Waals surface area contributed by atoms with Gasteiger partial charge in [-0.3, -0.25) is 4.79 Å². The van der Waals surface area contributed by atoms with Gasteiger partial charge in [0.1, 0.15) is 11.6 Å². The molecule has 1 saturated heterocycles. The van der Waals surface area contributed by atoms with Crippen LogP contribution in [-0.4, -0.2) is 28.6 Å². The summed E-state index contributed by atoms with van der Waals surface area (Å²) in [6, 6.07) is 24.6. The number of aromatic nitrogens is 2. The van der Waals surface area contributed by atoms with Gasteiger partial charge in [0, 0.05) is 31.1 Å². The lowest BCUT2D eigenvalue weighted by molar-refractivity contribution is -0.117. The summed E-state index contributed by atoms with van der Waals surface area (Å²) in [6.45, 7) is 6.36. The van der Waals surface area contributed by atoms with E-state index < -0.39 is 0 Å². The number of imidazole rings is 1. The van der Waals surface area contributed by atoms with Crippen LogP contribution in [0.3, 0.4) is 0 Å². The first-order valence-corrected chi connectivity index (χ1v) is 12.1. The zero-order valence-electron chi connectivity index (χ0n) is 19.9. The third kappa shape index (κ3) is 4.69. The minimum atomic E-state index is 0.0880. The van der Waals surface area contributed by atoms with Gasteiger partial charge >= 0.3 is 0 Å². The van der Waals surface area contributed by atoms with Crippen molar-refractivity contribution in [1.82, 2.24) is 9.55 Å². The second-order valence-electron chi connectivity index (χ2n) is 9.22. The van der Waals surface area contributed by atoms with Crippen molar-refractivity contribution < 1.29 is 9.53 Å².